The van der Waals surface area contributed by atoms with E-state index in [9.17, 15) is 4.79 Å². The number of fused-ring (bicyclic) bond motifs is 1. The molecule has 16 heavy (non-hydrogen) atoms. The van der Waals surface area contributed by atoms with Crippen LogP contribution in [0.3, 0.4) is 0 Å². The van der Waals surface area contributed by atoms with Crippen molar-refractivity contribution in [2.45, 2.75) is 46.3 Å². The van der Waals surface area contributed by atoms with Gasteiger partial charge in [-0.05, 0) is 13.0 Å². The Morgan fingerprint density at radius 1 is 1.44 bits per heavy atom. The van der Waals surface area contributed by atoms with E-state index in [1.807, 2.05) is 20.8 Å². The Kier molecular flexibility index (Phi) is 3.10. The number of carbonyl (C=O) groups is 1. The summed E-state index contributed by atoms with van der Waals surface area (Å²) >= 11 is 0. The molecule has 3 atom stereocenters. The van der Waals surface area contributed by atoms with Gasteiger partial charge in [-0.15, -0.1) is 0 Å². The van der Waals surface area contributed by atoms with E-state index < -0.39 is 0 Å². The van der Waals surface area contributed by atoms with Crippen molar-refractivity contribution >= 4 is 5.78 Å². The van der Waals surface area contributed by atoms with E-state index in [-0.39, 0.29) is 17.6 Å². The third-order valence-electron chi connectivity index (χ3n) is 3.85. The summed E-state index contributed by atoms with van der Waals surface area (Å²) < 4.78 is 5.78. The fourth-order valence-electron chi connectivity index (χ4n) is 2.91. The second kappa shape index (κ2) is 4.11. The van der Waals surface area contributed by atoms with Gasteiger partial charge in [-0.25, -0.2) is 0 Å². The van der Waals surface area contributed by atoms with Crippen LogP contribution in [0.4, 0.5) is 0 Å². The molecule has 2 aliphatic rings. The molecule has 0 aromatic rings. The molecule has 2 fully saturated rings. The normalized spacial score (nSPS) is 35.4. The third kappa shape index (κ3) is 1.91. The summed E-state index contributed by atoms with van der Waals surface area (Å²) in [6, 6.07) is -0.00231. The van der Waals surface area contributed by atoms with Gasteiger partial charge in [0.25, 0.3) is 0 Å². The van der Waals surface area contributed by atoms with Gasteiger partial charge in [-0.3, -0.25) is 9.69 Å². The molecule has 3 heteroatoms. The van der Waals surface area contributed by atoms with Crippen LogP contribution in [0.15, 0.2) is 0 Å². The quantitative estimate of drug-likeness (QED) is 0.716. The summed E-state index contributed by atoms with van der Waals surface area (Å²) in [7, 11) is 0. The molecule has 2 rings (SSSR count). The molecule has 3 nitrogen and oxygen atoms in total. The third-order valence-corrected chi connectivity index (χ3v) is 3.85. The number of likely N-dealkylation sites (N-methyl/N-ethyl adjacent to an activating group) is 1. The van der Waals surface area contributed by atoms with Gasteiger partial charge in [-0.2, -0.15) is 0 Å². The summed E-state index contributed by atoms with van der Waals surface area (Å²) in [5, 5.41) is 0. The van der Waals surface area contributed by atoms with Crippen LogP contribution in [-0.2, 0) is 9.53 Å². The number of nitrogens with zero attached hydrogens (tertiary/aromatic N) is 1. The minimum atomic E-state index is -0.265. The first kappa shape index (κ1) is 12.1. The molecular formula is C13H23NO2. The predicted molar refractivity (Wildman–Crippen MR) is 63.3 cm³/mol. The van der Waals surface area contributed by atoms with Crippen LogP contribution in [0.2, 0.25) is 0 Å². The predicted octanol–water partition coefficient (Wildman–Crippen LogP) is 1.71. The van der Waals surface area contributed by atoms with Crippen molar-refractivity contribution in [1.29, 1.82) is 0 Å². The Balaban J connectivity index is 2.19. The SMILES string of the molecule is CCN1CC2CCOC2C1C(=O)C(C)(C)C. The van der Waals surface area contributed by atoms with Crippen LogP contribution in [0.5, 0.6) is 0 Å². The van der Waals surface area contributed by atoms with E-state index in [0.29, 0.717) is 11.7 Å². The smallest absolute Gasteiger partial charge is 0.157 e. The molecule has 0 aliphatic carbocycles. The largest absolute Gasteiger partial charge is 0.376 e. The van der Waals surface area contributed by atoms with Crippen molar-refractivity contribution in [3.63, 3.8) is 0 Å². The molecule has 2 saturated heterocycles. The second-order valence-electron chi connectivity index (χ2n) is 6.03. The molecule has 0 radical (unpaired) electrons. The van der Waals surface area contributed by atoms with Crippen LogP contribution < -0.4 is 0 Å². The van der Waals surface area contributed by atoms with Crippen molar-refractivity contribution in [2.75, 3.05) is 19.7 Å². The highest BCUT2D eigenvalue weighted by atomic mass is 16.5. The maximum atomic E-state index is 12.5. The summed E-state index contributed by atoms with van der Waals surface area (Å²) in [6.07, 6.45) is 1.28. The number of likely N-dealkylation sites (tertiary alicyclic amines) is 1. The van der Waals surface area contributed by atoms with Crippen molar-refractivity contribution in [1.82, 2.24) is 4.90 Å². The maximum Gasteiger partial charge on any atom is 0.157 e. The van der Waals surface area contributed by atoms with Crippen molar-refractivity contribution in [3.8, 4) is 0 Å². The van der Waals surface area contributed by atoms with Gasteiger partial charge in [-0.1, -0.05) is 27.7 Å². The number of hydrogen-bond donors (Lipinski definition) is 0. The molecule has 0 aromatic heterocycles. The van der Waals surface area contributed by atoms with E-state index in [1.165, 1.54) is 0 Å². The Bertz CT molecular complexity index is 282. The van der Waals surface area contributed by atoms with Gasteiger partial charge < -0.3 is 4.74 Å². The Morgan fingerprint density at radius 3 is 2.69 bits per heavy atom. The number of carbonyl (C=O) groups excluding carboxylic acids is 1. The fraction of sp³-hybridized carbons (Fsp3) is 0.923. The van der Waals surface area contributed by atoms with E-state index in [2.05, 4.69) is 11.8 Å². The molecule has 0 amide bonds. The molecule has 0 aromatic carbocycles. The van der Waals surface area contributed by atoms with Crippen molar-refractivity contribution in [2.24, 2.45) is 11.3 Å². The summed E-state index contributed by atoms with van der Waals surface area (Å²) in [5.74, 6) is 0.917. The van der Waals surface area contributed by atoms with Gasteiger partial charge in [0.2, 0.25) is 0 Å². The number of Topliss-reactive ketones (excluding diaryl/α,β-unsaturated/α-hetero) is 1. The van der Waals surface area contributed by atoms with Crippen LogP contribution in [0.25, 0.3) is 0 Å². The summed E-state index contributed by atoms with van der Waals surface area (Å²) in [4.78, 5) is 14.8. The average molecular weight is 225 g/mol. The minimum absolute atomic E-state index is 0.00231. The molecule has 0 saturated carbocycles. The zero-order valence-corrected chi connectivity index (χ0v) is 10.8. The highest BCUT2D eigenvalue weighted by Crippen LogP contribution is 2.36. The van der Waals surface area contributed by atoms with Gasteiger partial charge >= 0.3 is 0 Å². The molecule has 0 spiro atoms. The number of rotatable bonds is 2. The highest BCUT2D eigenvalue weighted by Gasteiger charge is 2.50. The molecule has 0 N–H and O–H groups in total. The lowest BCUT2D eigenvalue weighted by molar-refractivity contribution is -0.134. The number of hydrogen-bond acceptors (Lipinski definition) is 3. The topological polar surface area (TPSA) is 29.5 Å². The van der Waals surface area contributed by atoms with E-state index >= 15 is 0 Å². The first-order valence-electron chi connectivity index (χ1n) is 6.35. The fourth-order valence-corrected chi connectivity index (χ4v) is 2.91. The first-order valence-corrected chi connectivity index (χ1v) is 6.35. The highest BCUT2D eigenvalue weighted by molar-refractivity contribution is 5.89. The van der Waals surface area contributed by atoms with Crippen LogP contribution in [0.1, 0.15) is 34.1 Å². The van der Waals surface area contributed by atoms with Crippen molar-refractivity contribution in [3.05, 3.63) is 0 Å². The lowest BCUT2D eigenvalue weighted by Gasteiger charge is -2.30. The van der Waals surface area contributed by atoms with E-state index in [4.69, 9.17) is 4.74 Å². The number of ketones is 1. The lowest BCUT2D eigenvalue weighted by atomic mass is 9.83. The lowest BCUT2D eigenvalue weighted by Crippen LogP contribution is -2.47. The van der Waals surface area contributed by atoms with Crippen LogP contribution >= 0.6 is 0 Å². The summed E-state index contributed by atoms with van der Waals surface area (Å²) in [6.45, 7) is 11.0. The Hall–Kier alpha value is -0.410. The molecule has 92 valence electrons. The van der Waals surface area contributed by atoms with Gasteiger partial charge in [0.15, 0.2) is 5.78 Å². The zero-order chi connectivity index (χ0) is 11.9. The minimum Gasteiger partial charge on any atom is -0.376 e. The summed E-state index contributed by atoms with van der Waals surface area (Å²) in [5.41, 5.74) is -0.265. The standard InChI is InChI=1S/C13H23NO2/c1-5-14-8-9-6-7-16-11(9)10(14)12(15)13(2,3)4/h9-11H,5-8H2,1-4H3. The molecule has 0 bridgehead atoms. The first-order chi connectivity index (χ1) is 7.45. The van der Waals surface area contributed by atoms with Gasteiger partial charge in [0.05, 0.1) is 12.1 Å². The second-order valence-corrected chi connectivity index (χ2v) is 6.03. The van der Waals surface area contributed by atoms with Crippen LogP contribution in [0, 0.1) is 11.3 Å². The Labute approximate surface area is 98.1 Å². The van der Waals surface area contributed by atoms with Gasteiger partial charge in [0.1, 0.15) is 0 Å². The maximum absolute atomic E-state index is 12.5. The average Bonchev–Trinajstić information content (AvgIpc) is 2.73. The molecule has 2 heterocycles. The molecule has 3 unspecified atom stereocenters. The zero-order valence-electron chi connectivity index (χ0n) is 10.8. The number of ether oxygens (including phenoxy) is 1. The van der Waals surface area contributed by atoms with Crippen molar-refractivity contribution < 1.29 is 9.53 Å². The molecular weight excluding hydrogens is 202 g/mol. The van der Waals surface area contributed by atoms with E-state index in [0.717, 1.165) is 26.1 Å². The van der Waals surface area contributed by atoms with E-state index in [1.54, 1.807) is 0 Å². The Morgan fingerprint density at radius 2 is 2.12 bits per heavy atom. The molecule has 2 aliphatic heterocycles. The van der Waals surface area contributed by atoms with Crippen LogP contribution in [-0.4, -0.2) is 42.5 Å². The monoisotopic (exact) mass is 225 g/mol. The van der Waals surface area contributed by atoms with Gasteiger partial charge in [0, 0.05) is 24.5 Å².